The smallest absolute Gasteiger partial charge is 0.311 e. The van der Waals surface area contributed by atoms with Gasteiger partial charge in [-0.05, 0) is 29.7 Å². The number of benzene rings is 1. The van der Waals surface area contributed by atoms with Gasteiger partial charge in [0.1, 0.15) is 5.82 Å². The molecule has 1 aromatic carbocycles. The molecule has 2 N–H and O–H groups in total. The molecule has 0 bridgehead atoms. The fourth-order valence-corrected chi connectivity index (χ4v) is 1.86. The summed E-state index contributed by atoms with van der Waals surface area (Å²) in [5, 5.41) is 18.3. The Morgan fingerprint density at radius 2 is 2.14 bits per heavy atom. The van der Waals surface area contributed by atoms with Crippen LogP contribution in [0.3, 0.4) is 0 Å². The van der Waals surface area contributed by atoms with Crippen molar-refractivity contribution in [2.75, 3.05) is 0 Å². The van der Waals surface area contributed by atoms with E-state index in [9.17, 15) is 14.3 Å². The van der Waals surface area contributed by atoms with Crippen molar-refractivity contribution in [3.05, 3.63) is 35.1 Å². The van der Waals surface area contributed by atoms with E-state index in [1.54, 1.807) is 0 Å². The molecule has 14 heavy (non-hydrogen) atoms. The molecule has 3 nitrogen and oxygen atoms in total. The van der Waals surface area contributed by atoms with E-state index in [2.05, 4.69) is 0 Å². The lowest BCUT2D eigenvalue weighted by Gasteiger charge is -2.04. The molecule has 2 unspecified atom stereocenters. The highest BCUT2D eigenvalue weighted by molar-refractivity contribution is 5.78. The number of aliphatic carboxylic acids is 1. The Balaban J connectivity index is 2.49. The Morgan fingerprint density at radius 1 is 1.43 bits per heavy atom. The summed E-state index contributed by atoms with van der Waals surface area (Å²) >= 11 is 0. The summed E-state index contributed by atoms with van der Waals surface area (Å²) < 4.78 is 12.8. The fourth-order valence-electron chi connectivity index (χ4n) is 1.86. The topological polar surface area (TPSA) is 57.5 Å². The van der Waals surface area contributed by atoms with E-state index in [1.165, 1.54) is 18.2 Å². The Kier molecular flexibility index (Phi) is 2.00. The van der Waals surface area contributed by atoms with Crippen molar-refractivity contribution in [1.82, 2.24) is 0 Å². The monoisotopic (exact) mass is 196 g/mol. The van der Waals surface area contributed by atoms with Crippen LogP contribution in [0.5, 0.6) is 0 Å². The quantitative estimate of drug-likeness (QED) is 0.714. The first-order valence-electron chi connectivity index (χ1n) is 4.30. The van der Waals surface area contributed by atoms with Gasteiger partial charge < -0.3 is 10.2 Å². The molecule has 0 radical (unpaired) electrons. The first kappa shape index (κ1) is 9.15. The van der Waals surface area contributed by atoms with Crippen molar-refractivity contribution in [3.8, 4) is 0 Å². The zero-order chi connectivity index (χ0) is 10.3. The number of rotatable bonds is 1. The summed E-state index contributed by atoms with van der Waals surface area (Å²) in [6.07, 6.45) is -0.726. The second kappa shape index (κ2) is 3.06. The third kappa shape index (κ3) is 1.28. The lowest BCUT2D eigenvalue weighted by Crippen LogP contribution is -2.07. The molecule has 0 saturated heterocycles. The van der Waals surface area contributed by atoms with Gasteiger partial charge in [0.25, 0.3) is 0 Å². The first-order valence-corrected chi connectivity index (χ1v) is 4.30. The Morgan fingerprint density at radius 3 is 2.79 bits per heavy atom. The van der Waals surface area contributed by atoms with E-state index in [-0.39, 0.29) is 6.42 Å². The van der Waals surface area contributed by atoms with E-state index in [0.717, 1.165) is 0 Å². The van der Waals surface area contributed by atoms with E-state index in [1.807, 2.05) is 0 Å². The highest BCUT2D eigenvalue weighted by Crippen LogP contribution is 2.40. The van der Waals surface area contributed by atoms with Crippen LogP contribution in [0.4, 0.5) is 4.39 Å². The molecule has 1 aromatic rings. The van der Waals surface area contributed by atoms with Crippen molar-refractivity contribution in [1.29, 1.82) is 0 Å². The van der Waals surface area contributed by atoms with Gasteiger partial charge in [-0.15, -0.1) is 0 Å². The maximum Gasteiger partial charge on any atom is 0.311 e. The predicted octanol–water partition coefficient (Wildman–Crippen LogP) is 1.43. The van der Waals surface area contributed by atoms with Crippen molar-refractivity contribution >= 4 is 5.97 Å². The summed E-state index contributed by atoms with van der Waals surface area (Å²) in [5.74, 6) is -2.14. The summed E-state index contributed by atoms with van der Waals surface area (Å²) in [4.78, 5) is 10.8. The number of fused-ring (bicyclic) bond motifs is 1. The van der Waals surface area contributed by atoms with Gasteiger partial charge in [0.05, 0.1) is 12.0 Å². The molecule has 1 aliphatic carbocycles. The van der Waals surface area contributed by atoms with Crippen molar-refractivity contribution in [3.63, 3.8) is 0 Å². The number of hydrogen-bond donors (Lipinski definition) is 2. The van der Waals surface area contributed by atoms with E-state index in [4.69, 9.17) is 5.11 Å². The standard InChI is InChI=1S/C10H9FO3/c11-5-1-2-6-7(3-5)9(12)4-8(6)10(13)14/h1-3,8-9,12H,4H2,(H,13,14). The van der Waals surface area contributed by atoms with Crippen LogP contribution in [-0.4, -0.2) is 16.2 Å². The number of carboxylic acids is 1. The highest BCUT2D eigenvalue weighted by atomic mass is 19.1. The Hall–Kier alpha value is -1.42. The molecular formula is C10H9FO3. The molecule has 0 aliphatic heterocycles. The zero-order valence-corrected chi connectivity index (χ0v) is 7.27. The van der Waals surface area contributed by atoms with Crippen LogP contribution in [-0.2, 0) is 4.79 Å². The number of aliphatic hydroxyl groups is 1. The number of carbonyl (C=O) groups is 1. The Labute approximate surface area is 79.8 Å². The van der Waals surface area contributed by atoms with Gasteiger partial charge in [-0.2, -0.15) is 0 Å². The summed E-state index contributed by atoms with van der Waals surface area (Å²) in [6.45, 7) is 0. The highest BCUT2D eigenvalue weighted by Gasteiger charge is 2.34. The van der Waals surface area contributed by atoms with Crippen LogP contribution in [0.2, 0.25) is 0 Å². The van der Waals surface area contributed by atoms with Crippen LogP contribution in [0.1, 0.15) is 29.6 Å². The molecule has 0 heterocycles. The Bertz CT molecular complexity index is 389. The molecule has 0 fully saturated rings. The predicted molar refractivity (Wildman–Crippen MR) is 46.4 cm³/mol. The molecule has 1 aliphatic rings. The van der Waals surface area contributed by atoms with Gasteiger partial charge in [-0.3, -0.25) is 4.79 Å². The average Bonchev–Trinajstić information content (AvgIpc) is 2.44. The maximum atomic E-state index is 12.8. The molecule has 0 spiro atoms. The molecule has 4 heteroatoms. The fraction of sp³-hybridized carbons (Fsp3) is 0.300. The summed E-state index contributed by atoms with van der Waals surface area (Å²) in [7, 11) is 0. The summed E-state index contributed by atoms with van der Waals surface area (Å²) in [5.41, 5.74) is 0.920. The van der Waals surface area contributed by atoms with Crippen LogP contribution < -0.4 is 0 Å². The van der Waals surface area contributed by atoms with Gasteiger partial charge in [-0.25, -0.2) is 4.39 Å². The largest absolute Gasteiger partial charge is 0.481 e. The second-order valence-corrected chi connectivity index (χ2v) is 3.42. The number of halogens is 1. The van der Waals surface area contributed by atoms with Gasteiger partial charge in [0.2, 0.25) is 0 Å². The lowest BCUT2D eigenvalue weighted by atomic mass is 10.0. The number of aliphatic hydroxyl groups excluding tert-OH is 1. The van der Waals surface area contributed by atoms with Gasteiger partial charge >= 0.3 is 5.97 Å². The third-order valence-electron chi connectivity index (χ3n) is 2.54. The van der Waals surface area contributed by atoms with E-state index < -0.39 is 23.8 Å². The molecule has 2 rings (SSSR count). The van der Waals surface area contributed by atoms with E-state index in [0.29, 0.717) is 11.1 Å². The average molecular weight is 196 g/mol. The molecular weight excluding hydrogens is 187 g/mol. The van der Waals surface area contributed by atoms with E-state index >= 15 is 0 Å². The minimum atomic E-state index is -0.977. The van der Waals surface area contributed by atoms with Gasteiger partial charge in [0, 0.05) is 0 Å². The van der Waals surface area contributed by atoms with Crippen LogP contribution in [0.25, 0.3) is 0 Å². The molecule has 0 amide bonds. The van der Waals surface area contributed by atoms with Crippen molar-refractivity contribution < 1.29 is 19.4 Å². The lowest BCUT2D eigenvalue weighted by molar-refractivity contribution is -0.139. The van der Waals surface area contributed by atoms with Crippen molar-refractivity contribution in [2.45, 2.75) is 18.4 Å². The first-order chi connectivity index (χ1) is 6.59. The van der Waals surface area contributed by atoms with Crippen LogP contribution in [0, 0.1) is 5.82 Å². The molecule has 2 atom stereocenters. The third-order valence-corrected chi connectivity index (χ3v) is 2.54. The minimum absolute atomic E-state index is 0.133. The number of hydrogen-bond acceptors (Lipinski definition) is 2. The van der Waals surface area contributed by atoms with Gasteiger partial charge in [0.15, 0.2) is 0 Å². The minimum Gasteiger partial charge on any atom is -0.481 e. The van der Waals surface area contributed by atoms with Crippen LogP contribution >= 0.6 is 0 Å². The van der Waals surface area contributed by atoms with Crippen molar-refractivity contribution in [2.24, 2.45) is 0 Å². The number of carboxylic acid groups (broad SMARTS) is 1. The molecule has 0 saturated carbocycles. The van der Waals surface area contributed by atoms with Gasteiger partial charge in [-0.1, -0.05) is 6.07 Å². The summed E-state index contributed by atoms with van der Waals surface area (Å²) in [6, 6.07) is 3.84. The molecule has 0 aromatic heterocycles. The second-order valence-electron chi connectivity index (χ2n) is 3.42. The SMILES string of the molecule is O=C(O)C1CC(O)c2cc(F)ccc21. The maximum absolute atomic E-state index is 12.8. The van der Waals surface area contributed by atoms with Crippen LogP contribution in [0.15, 0.2) is 18.2 Å². The normalized spacial score (nSPS) is 24.7. The zero-order valence-electron chi connectivity index (χ0n) is 7.27. The molecule has 74 valence electrons.